The van der Waals surface area contributed by atoms with Gasteiger partial charge >= 0.3 is 0 Å². The summed E-state index contributed by atoms with van der Waals surface area (Å²) in [6.07, 6.45) is 1.27. The van der Waals surface area contributed by atoms with Crippen LogP contribution in [0.3, 0.4) is 0 Å². The molecular weight excluding hydrogens is 282 g/mol. The number of amidine groups is 1. The van der Waals surface area contributed by atoms with Gasteiger partial charge in [0.25, 0.3) is 10.0 Å². The number of anilines is 1. The average Bonchev–Trinajstić information content (AvgIpc) is 2.86. The second-order valence-corrected chi connectivity index (χ2v) is 5.54. The van der Waals surface area contributed by atoms with Crippen LogP contribution in [-0.4, -0.2) is 31.6 Å². The second kappa shape index (κ2) is 5.21. The molecule has 0 radical (unpaired) electrons. The molecule has 20 heavy (non-hydrogen) atoms. The standard InChI is InChI=1S/C11H13N5O3S/c1-19-7-2-4-8(5-3-7)20(17,18)16-11-9(10(12)13)6-14-15-11/h2-6H,1H3,(H3,12,13)(H2,14,15,16). The molecule has 0 aliphatic heterocycles. The van der Waals surface area contributed by atoms with Gasteiger partial charge in [0.05, 0.1) is 23.8 Å². The lowest BCUT2D eigenvalue weighted by atomic mass is 10.3. The monoisotopic (exact) mass is 295 g/mol. The van der Waals surface area contributed by atoms with Crippen molar-refractivity contribution in [3.05, 3.63) is 36.0 Å². The Kier molecular flexibility index (Phi) is 3.61. The number of rotatable bonds is 5. The molecule has 0 unspecified atom stereocenters. The van der Waals surface area contributed by atoms with Crippen LogP contribution < -0.4 is 15.2 Å². The topological polar surface area (TPSA) is 134 Å². The van der Waals surface area contributed by atoms with Gasteiger partial charge in [-0.05, 0) is 24.3 Å². The molecule has 5 N–H and O–H groups in total. The lowest BCUT2D eigenvalue weighted by Gasteiger charge is -2.08. The molecule has 9 heteroatoms. The number of nitrogens with two attached hydrogens (primary N) is 1. The molecule has 1 heterocycles. The van der Waals surface area contributed by atoms with Gasteiger partial charge in [0.15, 0.2) is 0 Å². The number of methoxy groups -OCH3 is 1. The van der Waals surface area contributed by atoms with Crippen molar-refractivity contribution in [2.75, 3.05) is 11.8 Å². The third-order valence-electron chi connectivity index (χ3n) is 2.54. The molecule has 1 aromatic heterocycles. The van der Waals surface area contributed by atoms with Gasteiger partial charge in [-0.3, -0.25) is 15.2 Å². The molecule has 0 aliphatic carbocycles. The minimum atomic E-state index is -3.79. The maximum atomic E-state index is 12.2. The largest absolute Gasteiger partial charge is 0.497 e. The molecule has 0 aliphatic rings. The number of hydrogen-bond donors (Lipinski definition) is 4. The summed E-state index contributed by atoms with van der Waals surface area (Å²) in [5.74, 6) is 0.314. The first-order chi connectivity index (χ1) is 9.44. The van der Waals surface area contributed by atoms with Crippen molar-refractivity contribution in [3.8, 4) is 5.75 Å². The highest BCUT2D eigenvalue weighted by Crippen LogP contribution is 2.19. The number of aromatic nitrogens is 2. The number of nitrogen functional groups attached to an aromatic ring is 1. The molecular formula is C11H13N5O3S. The Morgan fingerprint density at radius 3 is 2.60 bits per heavy atom. The van der Waals surface area contributed by atoms with Crippen molar-refractivity contribution in [2.45, 2.75) is 4.90 Å². The third kappa shape index (κ3) is 2.72. The first-order valence-electron chi connectivity index (χ1n) is 5.48. The number of nitrogens with zero attached hydrogens (tertiary/aromatic N) is 1. The Hall–Kier alpha value is -2.55. The van der Waals surface area contributed by atoms with Crippen LogP contribution in [0.1, 0.15) is 5.56 Å². The summed E-state index contributed by atoms with van der Waals surface area (Å²) in [6.45, 7) is 0. The maximum Gasteiger partial charge on any atom is 0.263 e. The zero-order valence-corrected chi connectivity index (χ0v) is 11.4. The fourth-order valence-corrected chi connectivity index (χ4v) is 2.55. The highest BCUT2D eigenvalue weighted by atomic mass is 32.2. The second-order valence-electron chi connectivity index (χ2n) is 3.85. The van der Waals surface area contributed by atoms with E-state index in [0.717, 1.165) is 0 Å². The molecule has 0 spiro atoms. The van der Waals surface area contributed by atoms with Gasteiger partial charge in [-0.1, -0.05) is 0 Å². The van der Waals surface area contributed by atoms with E-state index in [1.54, 1.807) is 0 Å². The van der Waals surface area contributed by atoms with Gasteiger partial charge in [-0.15, -0.1) is 0 Å². The number of ether oxygens (including phenoxy) is 1. The van der Waals surface area contributed by atoms with E-state index in [-0.39, 0.29) is 22.1 Å². The summed E-state index contributed by atoms with van der Waals surface area (Å²) in [7, 11) is -2.30. The summed E-state index contributed by atoms with van der Waals surface area (Å²) in [5, 5.41) is 13.4. The van der Waals surface area contributed by atoms with Crippen LogP contribution in [0.5, 0.6) is 5.75 Å². The van der Waals surface area contributed by atoms with Crippen molar-refractivity contribution in [1.29, 1.82) is 5.41 Å². The van der Waals surface area contributed by atoms with Crippen molar-refractivity contribution >= 4 is 21.7 Å². The molecule has 1 aromatic carbocycles. The number of H-pyrrole nitrogens is 1. The summed E-state index contributed by atoms with van der Waals surface area (Å²) < 4.78 is 31.6. The minimum Gasteiger partial charge on any atom is -0.497 e. The maximum absolute atomic E-state index is 12.2. The zero-order valence-electron chi connectivity index (χ0n) is 10.5. The van der Waals surface area contributed by atoms with Gasteiger partial charge < -0.3 is 10.5 Å². The normalized spacial score (nSPS) is 11.1. The molecule has 0 atom stereocenters. The molecule has 2 aromatic rings. The van der Waals surface area contributed by atoms with E-state index < -0.39 is 10.0 Å². The van der Waals surface area contributed by atoms with E-state index in [1.807, 2.05) is 0 Å². The Bertz CT molecular complexity index is 721. The fraction of sp³-hybridized carbons (Fsp3) is 0.0909. The third-order valence-corrected chi connectivity index (χ3v) is 3.90. The van der Waals surface area contributed by atoms with Crippen LogP contribution in [0, 0.1) is 5.41 Å². The predicted molar refractivity (Wildman–Crippen MR) is 73.4 cm³/mol. The van der Waals surface area contributed by atoms with Crippen LogP contribution in [0.4, 0.5) is 5.82 Å². The van der Waals surface area contributed by atoms with E-state index in [9.17, 15) is 8.42 Å². The fourth-order valence-electron chi connectivity index (χ4n) is 1.52. The molecule has 0 fully saturated rings. The van der Waals surface area contributed by atoms with Gasteiger partial charge in [-0.25, -0.2) is 8.42 Å². The first kappa shape index (κ1) is 13.9. The van der Waals surface area contributed by atoms with Gasteiger partial charge in [0.1, 0.15) is 17.4 Å². The lowest BCUT2D eigenvalue weighted by Crippen LogP contribution is -2.18. The number of benzene rings is 1. The summed E-state index contributed by atoms with van der Waals surface area (Å²) in [6, 6.07) is 5.89. The summed E-state index contributed by atoms with van der Waals surface area (Å²) in [4.78, 5) is 0.0578. The Balaban J connectivity index is 2.30. The molecule has 0 amide bonds. The smallest absolute Gasteiger partial charge is 0.263 e. The van der Waals surface area contributed by atoms with Gasteiger partial charge in [0, 0.05) is 0 Å². The summed E-state index contributed by atoms with van der Waals surface area (Å²) in [5.41, 5.74) is 5.51. The number of nitrogens with one attached hydrogen (secondary N) is 3. The average molecular weight is 295 g/mol. The molecule has 106 valence electrons. The molecule has 0 saturated carbocycles. The van der Waals surface area contributed by atoms with Crippen molar-refractivity contribution in [1.82, 2.24) is 10.2 Å². The van der Waals surface area contributed by atoms with Crippen LogP contribution >= 0.6 is 0 Å². The SMILES string of the molecule is COc1ccc(S(=O)(=O)Nc2[nH]ncc2C(=N)N)cc1. The van der Waals surface area contributed by atoms with Crippen molar-refractivity contribution < 1.29 is 13.2 Å². The molecule has 2 rings (SSSR count). The van der Waals surface area contributed by atoms with E-state index in [4.69, 9.17) is 15.9 Å². The molecule has 8 nitrogen and oxygen atoms in total. The van der Waals surface area contributed by atoms with E-state index in [0.29, 0.717) is 5.75 Å². The highest BCUT2D eigenvalue weighted by molar-refractivity contribution is 7.92. The number of sulfonamides is 1. The Morgan fingerprint density at radius 2 is 2.05 bits per heavy atom. The molecule has 0 bridgehead atoms. The first-order valence-corrected chi connectivity index (χ1v) is 6.97. The van der Waals surface area contributed by atoms with E-state index >= 15 is 0 Å². The minimum absolute atomic E-state index is 0.0494. The van der Waals surface area contributed by atoms with Gasteiger partial charge in [-0.2, -0.15) is 5.10 Å². The quantitative estimate of drug-likeness (QED) is 0.471. The van der Waals surface area contributed by atoms with Gasteiger partial charge in [0.2, 0.25) is 0 Å². The summed E-state index contributed by atoms with van der Waals surface area (Å²) >= 11 is 0. The van der Waals surface area contributed by atoms with Crippen LogP contribution in [0.15, 0.2) is 35.4 Å². The van der Waals surface area contributed by atoms with Crippen LogP contribution in [0.2, 0.25) is 0 Å². The highest BCUT2D eigenvalue weighted by Gasteiger charge is 2.18. The van der Waals surface area contributed by atoms with Crippen molar-refractivity contribution in [3.63, 3.8) is 0 Å². The lowest BCUT2D eigenvalue weighted by molar-refractivity contribution is 0.414. The van der Waals surface area contributed by atoms with E-state index in [1.165, 1.54) is 37.6 Å². The van der Waals surface area contributed by atoms with E-state index in [2.05, 4.69) is 14.9 Å². The number of aromatic amines is 1. The predicted octanol–water partition coefficient (Wildman–Crippen LogP) is 0.503. The Morgan fingerprint density at radius 1 is 1.40 bits per heavy atom. The number of hydrogen-bond acceptors (Lipinski definition) is 5. The molecule has 0 saturated heterocycles. The zero-order chi connectivity index (χ0) is 14.8. The van der Waals surface area contributed by atoms with Crippen LogP contribution in [0.25, 0.3) is 0 Å². The van der Waals surface area contributed by atoms with Crippen molar-refractivity contribution in [2.24, 2.45) is 5.73 Å². The Labute approximate surface area is 115 Å². The van der Waals surface area contributed by atoms with Crippen LogP contribution in [-0.2, 0) is 10.0 Å².